The lowest BCUT2D eigenvalue weighted by atomic mass is 10.2. The maximum absolute atomic E-state index is 9.91. The van der Waals surface area contributed by atoms with Crippen LogP contribution in [0, 0.1) is 0 Å². The van der Waals surface area contributed by atoms with Crippen LogP contribution < -0.4 is 5.43 Å². The van der Waals surface area contributed by atoms with Gasteiger partial charge in [0.05, 0.1) is 5.71 Å². The van der Waals surface area contributed by atoms with E-state index in [0.29, 0.717) is 6.41 Å². The number of rotatable bonds is 3. The van der Waals surface area contributed by atoms with Crippen molar-refractivity contribution in [2.24, 2.45) is 5.10 Å². The second-order valence-electron chi connectivity index (χ2n) is 2.19. The van der Waals surface area contributed by atoms with E-state index in [1.165, 1.54) is 0 Å². The lowest BCUT2D eigenvalue weighted by Crippen LogP contribution is -2.06. The molecule has 4 heteroatoms. The van der Waals surface area contributed by atoms with E-state index in [-0.39, 0.29) is 0 Å². The van der Waals surface area contributed by atoms with Crippen LogP contribution in [0.2, 0.25) is 0 Å². The fraction of sp³-hybridized carbons (Fsp3) is 0.125. The number of nitrogens with zero attached hydrogens (tertiary/aromatic N) is 2. The molecule has 1 rings (SSSR count). The molecule has 0 fully saturated rings. The predicted octanol–water partition coefficient (Wildman–Crippen LogP) is 0.552. The highest BCUT2D eigenvalue weighted by Gasteiger charge is 1.94. The van der Waals surface area contributed by atoms with Gasteiger partial charge in [-0.25, -0.2) is 5.43 Å². The van der Waals surface area contributed by atoms with Crippen molar-refractivity contribution in [2.45, 2.75) is 6.92 Å². The maximum Gasteiger partial charge on any atom is 0.227 e. The third-order valence-electron chi connectivity index (χ3n) is 1.36. The molecule has 1 amide bonds. The van der Waals surface area contributed by atoms with Crippen molar-refractivity contribution in [1.29, 1.82) is 0 Å². The van der Waals surface area contributed by atoms with E-state index in [1.807, 2.05) is 12.1 Å². The summed E-state index contributed by atoms with van der Waals surface area (Å²) in [6, 6.07) is 3.69. The Morgan fingerprint density at radius 2 is 2.58 bits per heavy atom. The summed E-state index contributed by atoms with van der Waals surface area (Å²) in [4.78, 5) is 13.8. The van der Waals surface area contributed by atoms with E-state index in [9.17, 15) is 4.79 Å². The molecule has 12 heavy (non-hydrogen) atoms. The molecule has 0 saturated carbocycles. The van der Waals surface area contributed by atoms with Gasteiger partial charge in [-0.1, -0.05) is 6.07 Å². The molecule has 1 heterocycles. The molecule has 0 aliphatic rings. The Morgan fingerprint density at radius 3 is 3.17 bits per heavy atom. The minimum absolute atomic E-state index is 0.528. The van der Waals surface area contributed by atoms with E-state index in [4.69, 9.17) is 0 Å². The van der Waals surface area contributed by atoms with Gasteiger partial charge >= 0.3 is 0 Å². The van der Waals surface area contributed by atoms with Gasteiger partial charge in [-0.05, 0) is 13.0 Å². The standard InChI is InChI=1S/C8H9N3O/c1-7(11-10-6-12)8-3-2-4-9-5-8/h2-6H,1H3,(H,10,12). The van der Waals surface area contributed by atoms with E-state index in [0.717, 1.165) is 11.3 Å². The number of hydrazone groups is 1. The largest absolute Gasteiger partial charge is 0.277 e. The maximum atomic E-state index is 9.91. The SMILES string of the molecule is CC(=NNC=O)c1cccnc1. The minimum atomic E-state index is 0.528. The van der Waals surface area contributed by atoms with Crippen LogP contribution in [0.1, 0.15) is 12.5 Å². The Balaban J connectivity index is 2.77. The Bertz CT molecular complexity index is 282. The van der Waals surface area contributed by atoms with Crippen LogP contribution in [-0.4, -0.2) is 17.1 Å². The molecule has 0 aliphatic heterocycles. The fourth-order valence-corrected chi connectivity index (χ4v) is 0.765. The summed E-state index contributed by atoms with van der Waals surface area (Å²) in [5, 5.41) is 3.77. The third-order valence-corrected chi connectivity index (χ3v) is 1.36. The zero-order valence-corrected chi connectivity index (χ0v) is 6.69. The molecule has 0 atom stereocenters. The van der Waals surface area contributed by atoms with E-state index >= 15 is 0 Å². The molecule has 0 aliphatic carbocycles. The summed E-state index contributed by atoms with van der Waals surface area (Å²) < 4.78 is 0. The summed E-state index contributed by atoms with van der Waals surface area (Å²) >= 11 is 0. The number of hydrogen-bond donors (Lipinski definition) is 1. The van der Waals surface area contributed by atoms with Crippen LogP contribution >= 0.6 is 0 Å². The minimum Gasteiger partial charge on any atom is -0.277 e. The number of nitrogens with one attached hydrogen (secondary N) is 1. The number of carbonyl (C=O) groups excluding carboxylic acids is 1. The molecule has 1 aromatic rings. The molecule has 1 N–H and O–H groups in total. The molecule has 1 aromatic heterocycles. The average Bonchev–Trinajstić information content (AvgIpc) is 2.15. The molecule has 4 nitrogen and oxygen atoms in total. The van der Waals surface area contributed by atoms with Crippen molar-refractivity contribution in [2.75, 3.05) is 0 Å². The Hall–Kier alpha value is -1.71. The van der Waals surface area contributed by atoms with Crippen molar-refractivity contribution in [1.82, 2.24) is 10.4 Å². The monoisotopic (exact) mass is 163 g/mol. The first kappa shape index (κ1) is 8.39. The number of amides is 1. The number of carbonyl (C=O) groups is 1. The molecule has 0 saturated heterocycles. The molecule has 0 radical (unpaired) electrons. The van der Waals surface area contributed by atoms with Gasteiger partial charge in [-0.15, -0.1) is 0 Å². The van der Waals surface area contributed by atoms with Gasteiger partial charge in [0.15, 0.2) is 0 Å². The topological polar surface area (TPSA) is 54.4 Å². The molecular formula is C8H9N3O. The summed E-state index contributed by atoms with van der Waals surface area (Å²) in [5.41, 5.74) is 3.85. The Labute approximate surface area is 70.3 Å². The molecule has 62 valence electrons. The van der Waals surface area contributed by atoms with Gasteiger partial charge in [0.1, 0.15) is 0 Å². The number of aromatic nitrogens is 1. The first-order valence-electron chi connectivity index (χ1n) is 3.48. The summed E-state index contributed by atoms with van der Waals surface area (Å²) in [6.07, 6.45) is 3.90. The van der Waals surface area contributed by atoms with Crippen LogP contribution in [0.25, 0.3) is 0 Å². The van der Waals surface area contributed by atoms with Crippen molar-refractivity contribution in [3.05, 3.63) is 30.1 Å². The molecule has 0 unspecified atom stereocenters. The van der Waals surface area contributed by atoms with Gasteiger partial charge in [0, 0.05) is 18.0 Å². The average molecular weight is 163 g/mol. The molecule has 0 aromatic carbocycles. The number of pyridine rings is 1. The smallest absolute Gasteiger partial charge is 0.227 e. The zero-order valence-electron chi connectivity index (χ0n) is 6.69. The van der Waals surface area contributed by atoms with Crippen molar-refractivity contribution in [3.63, 3.8) is 0 Å². The highest BCUT2D eigenvalue weighted by Crippen LogP contribution is 1.96. The first-order valence-corrected chi connectivity index (χ1v) is 3.48. The summed E-state index contributed by atoms with van der Waals surface area (Å²) in [6.45, 7) is 1.80. The highest BCUT2D eigenvalue weighted by molar-refractivity contribution is 5.98. The van der Waals surface area contributed by atoms with E-state index in [1.54, 1.807) is 19.3 Å². The second kappa shape index (κ2) is 4.23. The molecule has 0 spiro atoms. The highest BCUT2D eigenvalue weighted by atomic mass is 16.1. The zero-order chi connectivity index (χ0) is 8.81. The first-order chi connectivity index (χ1) is 5.84. The van der Waals surface area contributed by atoms with E-state index < -0.39 is 0 Å². The quantitative estimate of drug-likeness (QED) is 0.402. The van der Waals surface area contributed by atoms with Crippen LogP contribution in [-0.2, 0) is 4.79 Å². The predicted molar refractivity (Wildman–Crippen MR) is 45.6 cm³/mol. The lowest BCUT2D eigenvalue weighted by molar-refractivity contribution is -0.109. The van der Waals surface area contributed by atoms with Gasteiger partial charge < -0.3 is 0 Å². The third kappa shape index (κ3) is 2.16. The van der Waals surface area contributed by atoms with Gasteiger partial charge in [-0.3, -0.25) is 9.78 Å². The Morgan fingerprint density at radius 1 is 1.75 bits per heavy atom. The molecular weight excluding hydrogens is 154 g/mol. The van der Waals surface area contributed by atoms with Crippen molar-refractivity contribution < 1.29 is 4.79 Å². The fourth-order valence-electron chi connectivity index (χ4n) is 0.765. The van der Waals surface area contributed by atoms with Crippen LogP contribution in [0.5, 0.6) is 0 Å². The van der Waals surface area contributed by atoms with E-state index in [2.05, 4.69) is 15.5 Å². The number of hydrogen-bond acceptors (Lipinski definition) is 3. The second-order valence-corrected chi connectivity index (χ2v) is 2.19. The van der Waals surface area contributed by atoms with Gasteiger partial charge in [0.2, 0.25) is 6.41 Å². The summed E-state index contributed by atoms with van der Waals surface area (Å²) in [5.74, 6) is 0. The van der Waals surface area contributed by atoms with Crippen LogP contribution in [0.15, 0.2) is 29.6 Å². The normalized spacial score (nSPS) is 10.9. The van der Waals surface area contributed by atoms with Crippen molar-refractivity contribution in [3.8, 4) is 0 Å². The molecule has 0 bridgehead atoms. The van der Waals surface area contributed by atoms with Gasteiger partial charge in [0.25, 0.3) is 0 Å². The van der Waals surface area contributed by atoms with Gasteiger partial charge in [-0.2, -0.15) is 5.10 Å². The summed E-state index contributed by atoms with van der Waals surface area (Å²) in [7, 11) is 0. The van der Waals surface area contributed by atoms with Crippen molar-refractivity contribution >= 4 is 12.1 Å². The van der Waals surface area contributed by atoms with Crippen LogP contribution in [0.3, 0.4) is 0 Å². The Kier molecular flexibility index (Phi) is 2.95. The van der Waals surface area contributed by atoms with Crippen LogP contribution in [0.4, 0.5) is 0 Å². The lowest BCUT2D eigenvalue weighted by Gasteiger charge is -1.96.